The molecule has 0 radical (unpaired) electrons. The van der Waals surface area contributed by atoms with Gasteiger partial charge in [-0.2, -0.15) is 0 Å². The molecule has 0 spiro atoms. The normalized spacial score (nSPS) is 8.56. The zero-order valence-corrected chi connectivity index (χ0v) is 12.0. The van der Waals surface area contributed by atoms with Crippen LogP contribution in [0.1, 0.15) is 17.3 Å². The van der Waals surface area contributed by atoms with Crippen LogP contribution in [-0.2, 0) is 0 Å². The maximum atomic E-state index is 11.5. The van der Waals surface area contributed by atoms with E-state index in [0.717, 1.165) is 12.2 Å². The van der Waals surface area contributed by atoms with E-state index in [1.54, 1.807) is 12.1 Å². The van der Waals surface area contributed by atoms with Crippen molar-refractivity contribution in [1.82, 2.24) is 5.32 Å². The van der Waals surface area contributed by atoms with Crippen LogP contribution in [0.4, 0.5) is 5.69 Å². The van der Waals surface area contributed by atoms with Crippen molar-refractivity contribution >= 4 is 54.0 Å². The molecule has 0 heterocycles. The van der Waals surface area contributed by atoms with Gasteiger partial charge in [-0.1, -0.05) is 11.6 Å². The van der Waals surface area contributed by atoms with Crippen LogP contribution in [-0.4, -0.2) is 18.4 Å². The summed E-state index contributed by atoms with van der Waals surface area (Å²) in [4.78, 5) is 11.5. The molecular formula is C10H15Cl3N4O. The molecule has 0 aliphatic rings. The Morgan fingerprint density at radius 1 is 1.39 bits per heavy atom. The Morgan fingerprint density at radius 2 is 2.00 bits per heavy atom. The highest BCUT2D eigenvalue weighted by Gasteiger charge is 2.08. The van der Waals surface area contributed by atoms with Crippen molar-refractivity contribution in [3.8, 4) is 0 Å². The summed E-state index contributed by atoms with van der Waals surface area (Å²) in [6.07, 6.45) is 0. The third-order valence-electron chi connectivity index (χ3n) is 1.79. The van der Waals surface area contributed by atoms with Gasteiger partial charge in [-0.25, -0.2) is 0 Å². The molecule has 102 valence electrons. The minimum absolute atomic E-state index is 0. The fraction of sp³-hybridized carbons (Fsp3) is 0.200. The van der Waals surface area contributed by atoms with E-state index in [9.17, 15) is 4.79 Å². The van der Waals surface area contributed by atoms with Crippen LogP contribution in [0.25, 0.3) is 0 Å². The van der Waals surface area contributed by atoms with Crippen molar-refractivity contribution in [1.29, 1.82) is 5.41 Å². The van der Waals surface area contributed by atoms with Crippen LogP contribution in [0.15, 0.2) is 18.2 Å². The second-order valence-corrected chi connectivity index (χ2v) is 3.56. The topological polar surface area (TPSA) is 91.0 Å². The van der Waals surface area contributed by atoms with Gasteiger partial charge < -0.3 is 11.1 Å². The molecule has 0 unspecified atom stereocenters. The maximum Gasteiger partial charge on any atom is 0.258 e. The van der Waals surface area contributed by atoms with Crippen molar-refractivity contribution < 1.29 is 4.79 Å². The zero-order valence-electron chi connectivity index (χ0n) is 9.62. The van der Waals surface area contributed by atoms with E-state index in [1.165, 1.54) is 6.07 Å². The summed E-state index contributed by atoms with van der Waals surface area (Å²) in [7, 11) is 0. The van der Waals surface area contributed by atoms with E-state index in [-0.39, 0.29) is 24.8 Å². The molecule has 1 aromatic carbocycles. The number of benzene rings is 1. The zero-order chi connectivity index (χ0) is 12.1. The number of halogens is 3. The molecule has 0 aliphatic heterocycles. The molecular weight excluding hydrogens is 298 g/mol. The molecule has 0 aromatic heterocycles. The largest absolute Gasteiger partial charge is 0.385 e. The van der Waals surface area contributed by atoms with Crippen molar-refractivity contribution in [3.63, 3.8) is 0 Å². The summed E-state index contributed by atoms with van der Waals surface area (Å²) in [5, 5.41) is 12.6. The lowest BCUT2D eigenvalue weighted by Gasteiger charge is -2.07. The second-order valence-electron chi connectivity index (χ2n) is 3.13. The first-order valence-electron chi connectivity index (χ1n) is 4.72. The first-order valence-corrected chi connectivity index (χ1v) is 5.10. The van der Waals surface area contributed by atoms with E-state index >= 15 is 0 Å². The molecule has 0 saturated carbocycles. The first-order chi connectivity index (χ1) is 7.52. The Balaban J connectivity index is 0. The summed E-state index contributed by atoms with van der Waals surface area (Å²) >= 11 is 5.86. The van der Waals surface area contributed by atoms with Gasteiger partial charge in [-0.3, -0.25) is 15.5 Å². The predicted molar refractivity (Wildman–Crippen MR) is 79.5 cm³/mol. The fourth-order valence-electron chi connectivity index (χ4n) is 1.22. The molecule has 1 amide bonds. The Bertz CT molecular complexity index is 426. The van der Waals surface area contributed by atoms with Crippen LogP contribution in [0.3, 0.4) is 0 Å². The number of nitrogens with one attached hydrogen (secondary N) is 3. The standard InChI is InChI=1S/C10H13ClN4O.2ClH/c1-2-14-8-4-6(3-7(11)5-8)9(16)15-10(12)13;;/h3-5,14H,2H2,1H3,(H4,12,13,15,16);2*1H. The molecule has 0 aliphatic carbocycles. The van der Waals surface area contributed by atoms with E-state index in [4.69, 9.17) is 22.7 Å². The van der Waals surface area contributed by atoms with Gasteiger partial charge in [0, 0.05) is 22.8 Å². The molecule has 5 N–H and O–H groups in total. The van der Waals surface area contributed by atoms with Gasteiger partial charge in [0.05, 0.1) is 0 Å². The molecule has 18 heavy (non-hydrogen) atoms. The quantitative estimate of drug-likeness (QED) is 0.509. The molecule has 1 aromatic rings. The minimum atomic E-state index is -0.450. The fourth-order valence-corrected chi connectivity index (χ4v) is 1.46. The number of carbonyl (C=O) groups is 1. The van der Waals surface area contributed by atoms with Crippen LogP contribution in [0, 0.1) is 5.41 Å². The van der Waals surface area contributed by atoms with Crippen LogP contribution < -0.4 is 16.4 Å². The summed E-state index contributed by atoms with van der Waals surface area (Å²) in [5.41, 5.74) is 6.18. The monoisotopic (exact) mass is 312 g/mol. The number of anilines is 1. The molecule has 0 bridgehead atoms. The lowest BCUT2D eigenvalue weighted by molar-refractivity contribution is 0.0976. The van der Waals surface area contributed by atoms with E-state index in [1.807, 2.05) is 6.92 Å². The maximum absolute atomic E-state index is 11.5. The first kappa shape index (κ1) is 19.2. The number of hydrogen-bond acceptors (Lipinski definition) is 3. The van der Waals surface area contributed by atoms with Gasteiger partial charge in [-0.05, 0) is 25.1 Å². The van der Waals surface area contributed by atoms with Gasteiger partial charge in [0.2, 0.25) is 0 Å². The van der Waals surface area contributed by atoms with Crippen molar-refractivity contribution in [3.05, 3.63) is 28.8 Å². The SMILES string of the molecule is CCNc1cc(Cl)cc(C(=O)NC(=N)N)c1.Cl.Cl. The van der Waals surface area contributed by atoms with Crippen molar-refractivity contribution in [2.24, 2.45) is 5.73 Å². The smallest absolute Gasteiger partial charge is 0.258 e. The third kappa shape index (κ3) is 5.95. The average molecular weight is 314 g/mol. The summed E-state index contributed by atoms with van der Waals surface area (Å²) < 4.78 is 0. The summed E-state index contributed by atoms with van der Waals surface area (Å²) in [5.74, 6) is -0.843. The van der Waals surface area contributed by atoms with Gasteiger partial charge in [0.1, 0.15) is 0 Å². The molecule has 5 nitrogen and oxygen atoms in total. The Kier molecular flexibility index (Phi) is 9.43. The molecule has 0 saturated heterocycles. The molecule has 8 heteroatoms. The van der Waals surface area contributed by atoms with Crippen molar-refractivity contribution in [2.75, 3.05) is 11.9 Å². The Labute approximate surface area is 123 Å². The highest BCUT2D eigenvalue weighted by Crippen LogP contribution is 2.18. The number of amides is 1. The predicted octanol–water partition coefficient (Wildman–Crippen LogP) is 2.24. The van der Waals surface area contributed by atoms with Crippen LogP contribution in [0.5, 0.6) is 0 Å². The number of nitrogens with two attached hydrogens (primary N) is 1. The van der Waals surface area contributed by atoms with Gasteiger partial charge in [0.15, 0.2) is 5.96 Å². The van der Waals surface area contributed by atoms with Crippen LogP contribution in [0.2, 0.25) is 5.02 Å². The van der Waals surface area contributed by atoms with E-state index < -0.39 is 11.9 Å². The number of rotatable bonds is 3. The molecule has 0 fully saturated rings. The third-order valence-corrected chi connectivity index (χ3v) is 2.01. The number of guanidine groups is 1. The second kappa shape index (κ2) is 8.85. The molecule has 1 rings (SSSR count). The van der Waals surface area contributed by atoms with Crippen LogP contribution >= 0.6 is 36.4 Å². The highest BCUT2D eigenvalue weighted by molar-refractivity contribution is 6.31. The van der Waals surface area contributed by atoms with Gasteiger partial charge in [-0.15, -0.1) is 24.8 Å². The van der Waals surface area contributed by atoms with Crippen molar-refractivity contribution in [2.45, 2.75) is 6.92 Å². The number of hydrogen-bond donors (Lipinski definition) is 4. The number of carbonyl (C=O) groups excluding carboxylic acids is 1. The highest BCUT2D eigenvalue weighted by atomic mass is 35.5. The summed E-state index contributed by atoms with van der Waals surface area (Å²) in [6.45, 7) is 2.67. The van der Waals surface area contributed by atoms with E-state index in [2.05, 4.69) is 10.6 Å². The Morgan fingerprint density at radius 3 is 2.50 bits per heavy atom. The van der Waals surface area contributed by atoms with Gasteiger partial charge in [0.25, 0.3) is 5.91 Å². The minimum Gasteiger partial charge on any atom is -0.385 e. The molecule has 0 atom stereocenters. The average Bonchev–Trinajstić information content (AvgIpc) is 2.16. The van der Waals surface area contributed by atoms with E-state index in [0.29, 0.717) is 10.6 Å². The Hall–Kier alpha value is -1.17. The summed E-state index contributed by atoms with van der Waals surface area (Å²) in [6, 6.07) is 4.88. The lowest BCUT2D eigenvalue weighted by Crippen LogP contribution is -2.35. The lowest BCUT2D eigenvalue weighted by atomic mass is 10.2. The van der Waals surface area contributed by atoms with Gasteiger partial charge >= 0.3 is 0 Å².